The summed E-state index contributed by atoms with van der Waals surface area (Å²) in [6.07, 6.45) is 2.90. The molecule has 0 spiro atoms. The van der Waals surface area contributed by atoms with Gasteiger partial charge in [0.1, 0.15) is 0 Å². The minimum atomic E-state index is -0.350. The minimum absolute atomic E-state index is 0.00141. The van der Waals surface area contributed by atoms with Crippen molar-refractivity contribution in [3.8, 4) is 0 Å². The van der Waals surface area contributed by atoms with Crippen LogP contribution in [0.3, 0.4) is 0 Å². The molecule has 0 radical (unpaired) electrons. The molecule has 0 atom stereocenters. The number of nitrogens with two attached hydrogens (primary N) is 1. The van der Waals surface area contributed by atoms with Gasteiger partial charge in [-0.05, 0) is 43.9 Å². The van der Waals surface area contributed by atoms with Crippen LogP contribution in [0.25, 0.3) is 0 Å². The Labute approximate surface area is 131 Å². The average Bonchev–Trinajstić information content (AvgIpc) is 2.48. The van der Waals surface area contributed by atoms with E-state index in [0.717, 1.165) is 24.8 Å². The maximum absolute atomic E-state index is 11.7. The quantitative estimate of drug-likeness (QED) is 0.317. The summed E-state index contributed by atoms with van der Waals surface area (Å²) >= 11 is 0. The Balaban J connectivity index is 2.04. The van der Waals surface area contributed by atoms with E-state index >= 15 is 0 Å². The Kier molecular flexibility index (Phi) is 7.75. The predicted octanol–water partition coefficient (Wildman–Crippen LogP) is 2.22. The van der Waals surface area contributed by atoms with E-state index in [9.17, 15) is 9.59 Å². The van der Waals surface area contributed by atoms with E-state index in [4.69, 9.17) is 10.5 Å². The second-order valence-electron chi connectivity index (χ2n) is 5.25. The third kappa shape index (κ3) is 7.47. The maximum Gasteiger partial charge on any atom is 0.333 e. The Hall–Kier alpha value is -2.30. The fraction of sp³-hybridized carbons (Fsp3) is 0.412. The lowest BCUT2D eigenvalue weighted by Crippen LogP contribution is -2.26. The van der Waals surface area contributed by atoms with Gasteiger partial charge in [-0.25, -0.2) is 4.79 Å². The molecule has 1 amide bonds. The van der Waals surface area contributed by atoms with E-state index in [0.29, 0.717) is 30.8 Å². The Morgan fingerprint density at radius 1 is 1.18 bits per heavy atom. The van der Waals surface area contributed by atoms with E-state index < -0.39 is 0 Å². The first kappa shape index (κ1) is 17.8. The van der Waals surface area contributed by atoms with Gasteiger partial charge in [-0.1, -0.05) is 18.7 Å². The largest absolute Gasteiger partial charge is 0.462 e. The van der Waals surface area contributed by atoms with Gasteiger partial charge >= 0.3 is 5.97 Å². The molecule has 0 aliphatic heterocycles. The molecule has 0 bridgehead atoms. The van der Waals surface area contributed by atoms with Crippen molar-refractivity contribution in [1.29, 1.82) is 0 Å². The molecule has 0 heterocycles. The van der Waals surface area contributed by atoms with Crippen LogP contribution in [0.15, 0.2) is 36.4 Å². The molecule has 0 fully saturated rings. The number of benzene rings is 1. The summed E-state index contributed by atoms with van der Waals surface area (Å²) in [5.74, 6) is -0.352. The first-order valence-electron chi connectivity index (χ1n) is 7.43. The van der Waals surface area contributed by atoms with E-state index in [1.807, 2.05) is 12.1 Å². The Morgan fingerprint density at radius 2 is 1.86 bits per heavy atom. The van der Waals surface area contributed by atoms with Crippen LogP contribution < -0.4 is 11.1 Å². The van der Waals surface area contributed by atoms with E-state index in [1.54, 1.807) is 19.1 Å². The SMILES string of the molecule is C=C(C)C(=O)OCCCCCNC(=O)Cc1ccc(N)cc1. The fourth-order valence-corrected chi connectivity index (χ4v) is 1.80. The number of unbranched alkanes of at least 4 members (excludes halogenated alkanes) is 2. The number of anilines is 1. The molecular formula is C17H24N2O3. The monoisotopic (exact) mass is 304 g/mol. The molecule has 3 N–H and O–H groups in total. The summed E-state index contributed by atoms with van der Waals surface area (Å²) in [5.41, 5.74) is 7.64. The summed E-state index contributed by atoms with van der Waals surface area (Å²) in [6, 6.07) is 7.28. The molecule has 0 unspecified atom stereocenters. The van der Waals surface area contributed by atoms with Crippen LogP contribution in [0.4, 0.5) is 5.69 Å². The average molecular weight is 304 g/mol. The number of carbonyl (C=O) groups is 2. The second kappa shape index (κ2) is 9.60. The standard InChI is InChI=1S/C17H24N2O3/c1-13(2)17(21)22-11-5-3-4-10-19-16(20)12-14-6-8-15(18)9-7-14/h6-9H,1,3-5,10-12,18H2,2H3,(H,19,20). The predicted molar refractivity (Wildman–Crippen MR) is 87.2 cm³/mol. The number of carbonyl (C=O) groups excluding carboxylic acids is 2. The lowest BCUT2D eigenvalue weighted by molar-refractivity contribution is -0.139. The third-order valence-electron chi connectivity index (χ3n) is 3.07. The maximum atomic E-state index is 11.7. The molecule has 0 aliphatic rings. The van der Waals surface area contributed by atoms with Crippen molar-refractivity contribution in [2.75, 3.05) is 18.9 Å². The normalized spacial score (nSPS) is 10.0. The molecular weight excluding hydrogens is 280 g/mol. The second-order valence-corrected chi connectivity index (χ2v) is 5.25. The molecule has 0 saturated heterocycles. The molecule has 120 valence electrons. The number of rotatable bonds is 9. The van der Waals surface area contributed by atoms with Crippen LogP contribution in [-0.4, -0.2) is 25.0 Å². The topological polar surface area (TPSA) is 81.4 Å². The molecule has 0 aromatic heterocycles. The van der Waals surface area contributed by atoms with Crippen LogP contribution in [-0.2, 0) is 20.7 Å². The highest BCUT2D eigenvalue weighted by molar-refractivity contribution is 5.86. The molecule has 0 aliphatic carbocycles. The number of nitrogen functional groups attached to an aromatic ring is 1. The van der Waals surface area contributed by atoms with Gasteiger partial charge in [0, 0.05) is 17.8 Å². The number of hydrogen-bond donors (Lipinski definition) is 2. The molecule has 5 heteroatoms. The van der Waals surface area contributed by atoms with Crippen molar-refractivity contribution in [1.82, 2.24) is 5.32 Å². The van der Waals surface area contributed by atoms with E-state index in [2.05, 4.69) is 11.9 Å². The summed E-state index contributed by atoms with van der Waals surface area (Å²) in [5, 5.41) is 2.87. The molecule has 5 nitrogen and oxygen atoms in total. The van der Waals surface area contributed by atoms with Crippen molar-refractivity contribution in [2.45, 2.75) is 32.6 Å². The third-order valence-corrected chi connectivity index (χ3v) is 3.07. The molecule has 22 heavy (non-hydrogen) atoms. The zero-order valence-electron chi connectivity index (χ0n) is 13.1. The van der Waals surface area contributed by atoms with Gasteiger partial charge in [-0.2, -0.15) is 0 Å². The first-order valence-corrected chi connectivity index (χ1v) is 7.43. The minimum Gasteiger partial charge on any atom is -0.462 e. The van der Waals surface area contributed by atoms with Crippen LogP contribution >= 0.6 is 0 Å². The fourth-order valence-electron chi connectivity index (χ4n) is 1.80. The van der Waals surface area contributed by atoms with Gasteiger partial charge in [0.2, 0.25) is 5.91 Å². The summed E-state index contributed by atoms with van der Waals surface area (Å²) in [7, 11) is 0. The van der Waals surface area contributed by atoms with Gasteiger partial charge in [0.15, 0.2) is 0 Å². The van der Waals surface area contributed by atoms with Gasteiger partial charge in [-0.15, -0.1) is 0 Å². The zero-order chi connectivity index (χ0) is 16.4. The van der Waals surface area contributed by atoms with Crippen molar-refractivity contribution < 1.29 is 14.3 Å². The highest BCUT2D eigenvalue weighted by atomic mass is 16.5. The van der Waals surface area contributed by atoms with E-state index in [1.165, 1.54) is 0 Å². The summed E-state index contributed by atoms with van der Waals surface area (Å²) in [6.45, 7) is 6.16. The molecule has 1 aromatic carbocycles. The van der Waals surface area contributed by atoms with Gasteiger partial charge in [-0.3, -0.25) is 4.79 Å². The summed E-state index contributed by atoms with van der Waals surface area (Å²) < 4.78 is 4.98. The van der Waals surface area contributed by atoms with Gasteiger partial charge < -0.3 is 15.8 Å². The van der Waals surface area contributed by atoms with Crippen molar-refractivity contribution in [3.63, 3.8) is 0 Å². The Morgan fingerprint density at radius 3 is 2.50 bits per heavy atom. The van der Waals surface area contributed by atoms with Crippen LogP contribution in [0, 0.1) is 0 Å². The van der Waals surface area contributed by atoms with E-state index in [-0.39, 0.29) is 11.9 Å². The number of ether oxygens (including phenoxy) is 1. The number of amides is 1. The number of hydrogen-bond acceptors (Lipinski definition) is 4. The molecule has 1 rings (SSSR count). The smallest absolute Gasteiger partial charge is 0.333 e. The van der Waals surface area contributed by atoms with Crippen molar-refractivity contribution >= 4 is 17.6 Å². The Bertz CT molecular complexity index is 509. The van der Waals surface area contributed by atoms with Crippen LogP contribution in [0.1, 0.15) is 31.7 Å². The lowest BCUT2D eigenvalue weighted by atomic mass is 10.1. The number of esters is 1. The zero-order valence-corrected chi connectivity index (χ0v) is 13.1. The van der Waals surface area contributed by atoms with Gasteiger partial charge in [0.25, 0.3) is 0 Å². The molecule has 0 saturated carbocycles. The number of nitrogens with one attached hydrogen (secondary N) is 1. The summed E-state index contributed by atoms with van der Waals surface area (Å²) in [4.78, 5) is 22.9. The van der Waals surface area contributed by atoms with Crippen LogP contribution in [0.5, 0.6) is 0 Å². The molecule has 1 aromatic rings. The van der Waals surface area contributed by atoms with Crippen LogP contribution in [0.2, 0.25) is 0 Å². The highest BCUT2D eigenvalue weighted by Crippen LogP contribution is 2.06. The van der Waals surface area contributed by atoms with Gasteiger partial charge in [0.05, 0.1) is 13.0 Å². The van der Waals surface area contributed by atoms with Crippen molar-refractivity contribution in [2.24, 2.45) is 0 Å². The lowest BCUT2D eigenvalue weighted by Gasteiger charge is -2.06. The first-order chi connectivity index (χ1) is 10.5. The van der Waals surface area contributed by atoms with Crippen molar-refractivity contribution in [3.05, 3.63) is 42.0 Å². The highest BCUT2D eigenvalue weighted by Gasteiger charge is 2.03.